The Hall–Kier alpha value is -1.22. The number of hydrogen-bond donors (Lipinski definition) is 1. The van der Waals surface area contributed by atoms with Gasteiger partial charge in [-0.2, -0.15) is 0 Å². The van der Waals surface area contributed by atoms with Gasteiger partial charge in [0, 0.05) is 19.3 Å². The molecule has 0 radical (unpaired) electrons. The molecule has 2 N–H and O–H groups in total. The number of benzene rings is 1. The molecule has 0 saturated carbocycles. The molecule has 3 heteroatoms. The first-order valence-corrected chi connectivity index (χ1v) is 6.97. The highest BCUT2D eigenvalue weighted by molar-refractivity contribution is 5.59. The molecule has 1 aromatic rings. The summed E-state index contributed by atoms with van der Waals surface area (Å²) in [6, 6.07) is 4.18. The van der Waals surface area contributed by atoms with Crippen LogP contribution in [0.4, 0.5) is 5.69 Å². The van der Waals surface area contributed by atoms with Gasteiger partial charge in [-0.15, -0.1) is 0 Å². The van der Waals surface area contributed by atoms with Crippen molar-refractivity contribution in [3.8, 4) is 5.75 Å². The largest absolute Gasteiger partial charge is 0.496 e. The van der Waals surface area contributed by atoms with E-state index in [0.29, 0.717) is 11.8 Å². The van der Waals surface area contributed by atoms with Crippen molar-refractivity contribution in [3.63, 3.8) is 0 Å². The maximum atomic E-state index is 5.87. The summed E-state index contributed by atoms with van der Waals surface area (Å²) in [6.07, 6.45) is 0. The van der Waals surface area contributed by atoms with Gasteiger partial charge in [0.25, 0.3) is 0 Å². The Balaban J connectivity index is 2.94. The molecule has 0 spiro atoms. The molecular weight excluding hydrogens is 236 g/mol. The Morgan fingerprint density at radius 1 is 1.21 bits per heavy atom. The Bertz CT molecular complexity index is 415. The van der Waals surface area contributed by atoms with Crippen molar-refractivity contribution in [3.05, 3.63) is 23.3 Å². The number of methoxy groups -OCH3 is 1. The van der Waals surface area contributed by atoms with Crippen LogP contribution in [0.3, 0.4) is 0 Å². The summed E-state index contributed by atoms with van der Waals surface area (Å²) in [4.78, 5) is 2.30. The molecule has 0 aliphatic heterocycles. The summed E-state index contributed by atoms with van der Waals surface area (Å²) in [5, 5.41) is 0. The third-order valence-electron chi connectivity index (χ3n) is 4.09. The molecule has 1 rings (SSSR count). The van der Waals surface area contributed by atoms with E-state index in [1.807, 2.05) is 6.07 Å². The van der Waals surface area contributed by atoms with Crippen LogP contribution in [-0.2, 0) is 0 Å². The number of rotatable bonds is 6. The Morgan fingerprint density at radius 2 is 1.84 bits per heavy atom. The van der Waals surface area contributed by atoms with Crippen LogP contribution in [-0.4, -0.2) is 27.2 Å². The minimum atomic E-state index is 0.520. The van der Waals surface area contributed by atoms with Crippen molar-refractivity contribution in [1.82, 2.24) is 0 Å². The normalized spacial score (nSPS) is 12.6. The first-order valence-electron chi connectivity index (χ1n) is 6.97. The average molecular weight is 264 g/mol. The highest BCUT2D eigenvalue weighted by Gasteiger charge is 2.16. The highest BCUT2D eigenvalue weighted by atomic mass is 16.5. The quantitative estimate of drug-likeness (QED) is 0.858. The minimum absolute atomic E-state index is 0.520. The fraction of sp³-hybridized carbons (Fsp3) is 0.625. The molecule has 3 nitrogen and oxygen atoms in total. The van der Waals surface area contributed by atoms with Gasteiger partial charge < -0.3 is 15.4 Å². The number of ether oxygens (including phenoxy) is 1. The zero-order valence-corrected chi connectivity index (χ0v) is 13.2. The molecule has 0 saturated heterocycles. The van der Waals surface area contributed by atoms with Crippen LogP contribution >= 0.6 is 0 Å². The molecule has 0 amide bonds. The van der Waals surface area contributed by atoms with Gasteiger partial charge in [-0.3, -0.25) is 0 Å². The zero-order chi connectivity index (χ0) is 14.6. The van der Waals surface area contributed by atoms with Crippen LogP contribution in [0.15, 0.2) is 12.1 Å². The molecule has 0 bridgehead atoms. The third kappa shape index (κ3) is 3.63. The van der Waals surface area contributed by atoms with Gasteiger partial charge in [-0.1, -0.05) is 13.8 Å². The van der Waals surface area contributed by atoms with E-state index < -0.39 is 0 Å². The summed E-state index contributed by atoms with van der Waals surface area (Å²) in [7, 11) is 3.85. The predicted molar refractivity (Wildman–Crippen MR) is 83.1 cm³/mol. The SMILES string of the molecule is COc1ccc(N(C)CC(CN)C(C)C)c(C)c1C. The molecular formula is C16H28N2O. The van der Waals surface area contributed by atoms with Gasteiger partial charge in [0.15, 0.2) is 0 Å². The second-order valence-corrected chi connectivity index (χ2v) is 5.66. The maximum absolute atomic E-state index is 5.87. The van der Waals surface area contributed by atoms with Crippen LogP contribution in [0.25, 0.3) is 0 Å². The molecule has 0 aromatic heterocycles. The maximum Gasteiger partial charge on any atom is 0.122 e. The van der Waals surface area contributed by atoms with Gasteiger partial charge in [-0.25, -0.2) is 0 Å². The number of nitrogens with two attached hydrogens (primary N) is 1. The van der Waals surface area contributed by atoms with E-state index in [2.05, 4.69) is 45.7 Å². The molecule has 0 heterocycles. The van der Waals surface area contributed by atoms with Gasteiger partial charge in [0.1, 0.15) is 5.75 Å². The summed E-state index contributed by atoms with van der Waals surface area (Å²) < 4.78 is 5.36. The molecule has 1 aromatic carbocycles. The van der Waals surface area contributed by atoms with E-state index >= 15 is 0 Å². The van der Waals surface area contributed by atoms with E-state index in [1.165, 1.54) is 16.8 Å². The van der Waals surface area contributed by atoms with Crippen molar-refractivity contribution < 1.29 is 4.74 Å². The van der Waals surface area contributed by atoms with E-state index in [0.717, 1.165) is 18.8 Å². The summed E-state index contributed by atoms with van der Waals surface area (Å²) in [6.45, 7) is 10.4. The molecule has 108 valence electrons. The molecule has 1 atom stereocenters. The van der Waals surface area contributed by atoms with Crippen LogP contribution in [0.5, 0.6) is 5.75 Å². The molecule has 0 fully saturated rings. The number of hydrogen-bond acceptors (Lipinski definition) is 3. The number of nitrogens with zero attached hydrogens (tertiary/aromatic N) is 1. The van der Waals surface area contributed by atoms with Crippen LogP contribution in [0, 0.1) is 25.7 Å². The second-order valence-electron chi connectivity index (χ2n) is 5.66. The smallest absolute Gasteiger partial charge is 0.122 e. The van der Waals surface area contributed by atoms with Crippen molar-refractivity contribution in [2.75, 3.05) is 32.1 Å². The van der Waals surface area contributed by atoms with Crippen molar-refractivity contribution in [1.29, 1.82) is 0 Å². The van der Waals surface area contributed by atoms with Gasteiger partial charge in [0.2, 0.25) is 0 Å². The lowest BCUT2D eigenvalue weighted by molar-refractivity contribution is 0.397. The number of anilines is 1. The Morgan fingerprint density at radius 3 is 2.32 bits per heavy atom. The molecule has 1 unspecified atom stereocenters. The van der Waals surface area contributed by atoms with Crippen molar-refractivity contribution in [2.24, 2.45) is 17.6 Å². The third-order valence-corrected chi connectivity index (χ3v) is 4.09. The lowest BCUT2D eigenvalue weighted by Crippen LogP contribution is -2.33. The molecule has 19 heavy (non-hydrogen) atoms. The summed E-state index contributed by atoms with van der Waals surface area (Å²) in [5.74, 6) is 2.08. The standard InChI is InChI=1S/C16H28N2O/c1-11(2)14(9-17)10-18(5)15-7-8-16(19-6)13(4)12(15)3/h7-8,11,14H,9-10,17H2,1-6H3. The highest BCUT2D eigenvalue weighted by Crippen LogP contribution is 2.30. The van der Waals surface area contributed by atoms with Crippen LogP contribution < -0.4 is 15.4 Å². The first-order chi connectivity index (χ1) is 8.92. The Kier molecular flexibility index (Phi) is 5.67. The first kappa shape index (κ1) is 15.8. The van der Waals surface area contributed by atoms with E-state index in [4.69, 9.17) is 10.5 Å². The fourth-order valence-corrected chi connectivity index (χ4v) is 2.42. The topological polar surface area (TPSA) is 38.5 Å². The van der Waals surface area contributed by atoms with E-state index in [-0.39, 0.29) is 0 Å². The summed E-state index contributed by atoms with van der Waals surface area (Å²) >= 11 is 0. The molecule has 0 aliphatic rings. The zero-order valence-electron chi connectivity index (χ0n) is 13.2. The Labute approximate surface area is 117 Å². The van der Waals surface area contributed by atoms with E-state index in [1.54, 1.807) is 7.11 Å². The van der Waals surface area contributed by atoms with Gasteiger partial charge in [-0.05, 0) is 55.5 Å². The van der Waals surface area contributed by atoms with Crippen molar-refractivity contribution in [2.45, 2.75) is 27.7 Å². The molecule has 0 aliphatic carbocycles. The van der Waals surface area contributed by atoms with Gasteiger partial charge >= 0.3 is 0 Å². The minimum Gasteiger partial charge on any atom is -0.496 e. The van der Waals surface area contributed by atoms with E-state index in [9.17, 15) is 0 Å². The lowest BCUT2D eigenvalue weighted by Gasteiger charge is -2.29. The van der Waals surface area contributed by atoms with Crippen LogP contribution in [0.1, 0.15) is 25.0 Å². The van der Waals surface area contributed by atoms with Crippen LogP contribution in [0.2, 0.25) is 0 Å². The average Bonchev–Trinajstić information content (AvgIpc) is 2.38. The second kappa shape index (κ2) is 6.80. The summed E-state index contributed by atoms with van der Waals surface area (Å²) in [5.41, 5.74) is 9.62. The fourth-order valence-electron chi connectivity index (χ4n) is 2.42. The monoisotopic (exact) mass is 264 g/mol. The lowest BCUT2D eigenvalue weighted by atomic mass is 9.95. The van der Waals surface area contributed by atoms with Gasteiger partial charge in [0.05, 0.1) is 7.11 Å². The van der Waals surface area contributed by atoms with Crippen molar-refractivity contribution >= 4 is 5.69 Å². The predicted octanol–water partition coefficient (Wildman–Crippen LogP) is 2.98.